The SMILES string of the molecule is Nc1cn[nH]c1C(=O)Nc1ccc(Br)c(Cl)c1. The van der Waals surface area contributed by atoms with Crippen LogP contribution in [0.4, 0.5) is 11.4 Å². The minimum absolute atomic E-state index is 0.226. The fourth-order valence-corrected chi connectivity index (χ4v) is 1.67. The van der Waals surface area contributed by atoms with Gasteiger partial charge in [0.05, 0.1) is 16.9 Å². The minimum Gasteiger partial charge on any atom is -0.396 e. The molecule has 1 aromatic carbocycles. The number of nitrogens with zero attached hydrogens (tertiary/aromatic N) is 1. The lowest BCUT2D eigenvalue weighted by Crippen LogP contribution is -2.14. The number of carbonyl (C=O) groups excluding carboxylic acids is 1. The molecule has 0 aliphatic rings. The van der Waals surface area contributed by atoms with Crippen molar-refractivity contribution < 1.29 is 4.79 Å². The molecule has 0 unspecified atom stereocenters. The summed E-state index contributed by atoms with van der Waals surface area (Å²) in [6.07, 6.45) is 1.38. The van der Waals surface area contributed by atoms with Crippen LogP contribution in [0, 0.1) is 0 Å². The second kappa shape index (κ2) is 4.77. The summed E-state index contributed by atoms with van der Waals surface area (Å²) in [5.74, 6) is -0.363. The standard InChI is InChI=1S/C10H8BrClN4O/c11-6-2-1-5(3-7(6)12)15-10(17)9-8(13)4-14-16-9/h1-4H,13H2,(H,14,16)(H,15,17). The summed E-state index contributed by atoms with van der Waals surface area (Å²) in [5, 5.41) is 9.37. The maximum Gasteiger partial charge on any atom is 0.275 e. The second-order valence-electron chi connectivity index (χ2n) is 3.28. The van der Waals surface area contributed by atoms with Crippen LogP contribution in [0.5, 0.6) is 0 Å². The average Bonchev–Trinajstić information content (AvgIpc) is 2.70. The van der Waals surface area contributed by atoms with E-state index in [1.807, 2.05) is 0 Å². The summed E-state index contributed by atoms with van der Waals surface area (Å²) in [5.41, 5.74) is 6.66. The van der Waals surface area contributed by atoms with Crippen molar-refractivity contribution in [2.24, 2.45) is 0 Å². The number of nitrogens with two attached hydrogens (primary N) is 1. The number of carbonyl (C=O) groups is 1. The molecule has 0 aliphatic heterocycles. The number of amides is 1. The van der Waals surface area contributed by atoms with E-state index in [-0.39, 0.29) is 11.6 Å². The number of H-pyrrole nitrogens is 1. The molecule has 0 fully saturated rings. The van der Waals surface area contributed by atoms with Crippen molar-refractivity contribution in [3.63, 3.8) is 0 Å². The van der Waals surface area contributed by atoms with Crippen LogP contribution in [-0.2, 0) is 0 Å². The van der Waals surface area contributed by atoms with Crippen molar-refractivity contribution in [1.82, 2.24) is 10.2 Å². The molecule has 0 bridgehead atoms. The summed E-state index contributed by atoms with van der Waals surface area (Å²) < 4.78 is 0.762. The van der Waals surface area contributed by atoms with Gasteiger partial charge in [-0.2, -0.15) is 5.10 Å². The Morgan fingerprint density at radius 1 is 1.53 bits per heavy atom. The number of aromatic amines is 1. The van der Waals surface area contributed by atoms with Crippen LogP contribution in [0.2, 0.25) is 5.02 Å². The first-order valence-electron chi connectivity index (χ1n) is 4.63. The molecule has 17 heavy (non-hydrogen) atoms. The van der Waals surface area contributed by atoms with Gasteiger partial charge in [-0.1, -0.05) is 11.6 Å². The monoisotopic (exact) mass is 314 g/mol. The van der Waals surface area contributed by atoms with Gasteiger partial charge in [0.1, 0.15) is 5.69 Å². The van der Waals surface area contributed by atoms with Gasteiger partial charge in [-0.05, 0) is 34.1 Å². The number of hydrogen-bond donors (Lipinski definition) is 3. The van der Waals surface area contributed by atoms with E-state index >= 15 is 0 Å². The largest absolute Gasteiger partial charge is 0.396 e. The van der Waals surface area contributed by atoms with E-state index < -0.39 is 0 Å². The molecule has 0 radical (unpaired) electrons. The zero-order valence-electron chi connectivity index (χ0n) is 8.50. The number of nitrogen functional groups attached to an aromatic ring is 1. The number of halogens is 2. The van der Waals surface area contributed by atoms with Crippen molar-refractivity contribution in [1.29, 1.82) is 0 Å². The quantitative estimate of drug-likeness (QED) is 0.796. The number of aromatic nitrogens is 2. The van der Waals surface area contributed by atoms with Gasteiger partial charge in [0.2, 0.25) is 0 Å². The van der Waals surface area contributed by atoms with Crippen LogP contribution >= 0.6 is 27.5 Å². The molecule has 0 aliphatic carbocycles. The summed E-state index contributed by atoms with van der Waals surface area (Å²) in [6, 6.07) is 5.10. The molecule has 1 heterocycles. The Balaban J connectivity index is 2.19. The number of benzene rings is 1. The lowest BCUT2D eigenvalue weighted by Gasteiger charge is -2.05. The van der Waals surface area contributed by atoms with Gasteiger partial charge in [0.25, 0.3) is 5.91 Å². The maximum absolute atomic E-state index is 11.8. The Morgan fingerprint density at radius 3 is 2.88 bits per heavy atom. The number of rotatable bonds is 2. The maximum atomic E-state index is 11.8. The van der Waals surface area contributed by atoms with E-state index in [1.165, 1.54) is 6.20 Å². The molecule has 7 heteroatoms. The topological polar surface area (TPSA) is 83.8 Å². The van der Waals surface area contributed by atoms with E-state index in [9.17, 15) is 4.79 Å². The highest BCUT2D eigenvalue weighted by Gasteiger charge is 2.12. The van der Waals surface area contributed by atoms with Crippen molar-refractivity contribution in [3.8, 4) is 0 Å². The lowest BCUT2D eigenvalue weighted by atomic mass is 10.3. The number of anilines is 2. The third-order valence-corrected chi connectivity index (χ3v) is 3.31. The molecular formula is C10H8BrClN4O. The van der Waals surface area contributed by atoms with Crippen molar-refractivity contribution in [2.45, 2.75) is 0 Å². The fraction of sp³-hybridized carbons (Fsp3) is 0. The highest BCUT2D eigenvalue weighted by atomic mass is 79.9. The van der Waals surface area contributed by atoms with Gasteiger partial charge in [0, 0.05) is 10.2 Å². The van der Waals surface area contributed by atoms with Crippen LogP contribution in [0.3, 0.4) is 0 Å². The molecule has 2 aromatic rings. The first kappa shape index (κ1) is 11.9. The summed E-state index contributed by atoms with van der Waals surface area (Å²) in [4.78, 5) is 11.8. The van der Waals surface area contributed by atoms with E-state index in [1.54, 1.807) is 18.2 Å². The predicted molar refractivity (Wildman–Crippen MR) is 70.1 cm³/mol. The van der Waals surface area contributed by atoms with E-state index in [2.05, 4.69) is 31.4 Å². The third-order valence-electron chi connectivity index (χ3n) is 2.07. The lowest BCUT2D eigenvalue weighted by molar-refractivity contribution is 0.102. The van der Waals surface area contributed by atoms with Crippen molar-refractivity contribution in [2.75, 3.05) is 11.1 Å². The summed E-state index contributed by atoms with van der Waals surface area (Å²) in [6.45, 7) is 0. The van der Waals surface area contributed by atoms with E-state index in [0.29, 0.717) is 16.4 Å². The molecule has 5 nitrogen and oxygen atoms in total. The molecule has 4 N–H and O–H groups in total. The normalized spacial score (nSPS) is 10.2. The molecule has 1 amide bonds. The summed E-state index contributed by atoms with van der Waals surface area (Å²) in [7, 11) is 0. The zero-order chi connectivity index (χ0) is 12.4. The fourth-order valence-electron chi connectivity index (χ4n) is 1.24. The molecule has 1 aromatic heterocycles. The first-order valence-corrected chi connectivity index (χ1v) is 5.80. The highest BCUT2D eigenvalue weighted by Crippen LogP contribution is 2.25. The smallest absolute Gasteiger partial charge is 0.275 e. The van der Waals surface area contributed by atoms with Crippen LogP contribution in [0.15, 0.2) is 28.9 Å². The second-order valence-corrected chi connectivity index (χ2v) is 4.54. The Kier molecular flexibility index (Phi) is 3.35. The van der Waals surface area contributed by atoms with Gasteiger partial charge in [0.15, 0.2) is 0 Å². The summed E-state index contributed by atoms with van der Waals surface area (Å²) >= 11 is 9.18. The minimum atomic E-state index is -0.363. The van der Waals surface area contributed by atoms with Crippen LogP contribution in [0.1, 0.15) is 10.5 Å². The molecule has 2 rings (SSSR count). The Labute approximate surface area is 110 Å². The van der Waals surface area contributed by atoms with Crippen LogP contribution in [-0.4, -0.2) is 16.1 Å². The zero-order valence-corrected chi connectivity index (χ0v) is 10.8. The van der Waals surface area contributed by atoms with E-state index in [0.717, 1.165) is 4.47 Å². The van der Waals surface area contributed by atoms with E-state index in [4.69, 9.17) is 17.3 Å². The van der Waals surface area contributed by atoms with Crippen LogP contribution in [0.25, 0.3) is 0 Å². The number of nitrogens with one attached hydrogen (secondary N) is 2. The average molecular weight is 316 g/mol. The third kappa shape index (κ3) is 2.59. The van der Waals surface area contributed by atoms with Crippen molar-refractivity contribution >= 4 is 44.8 Å². The van der Waals surface area contributed by atoms with Gasteiger partial charge in [-0.3, -0.25) is 9.89 Å². The van der Waals surface area contributed by atoms with Crippen LogP contribution < -0.4 is 11.1 Å². The van der Waals surface area contributed by atoms with Crippen molar-refractivity contribution in [3.05, 3.63) is 39.6 Å². The molecule has 0 saturated heterocycles. The Morgan fingerprint density at radius 2 is 2.29 bits per heavy atom. The van der Waals surface area contributed by atoms with Gasteiger partial charge < -0.3 is 11.1 Å². The predicted octanol–water partition coefficient (Wildman–Crippen LogP) is 2.66. The molecule has 88 valence electrons. The first-order chi connectivity index (χ1) is 8.08. The Bertz CT molecular complexity index is 569. The molecule has 0 spiro atoms. The van der Waals surface area contributed by atoms with Gasteiger partial charge >= 0.3 is 0 Å². The van der Waals surface area contributed by atoms with Gasteiger partial charge in [-0.15, -0.1) is 0 Å². The molecule has 0 saturated carbocycles. The molecule has 0 atom stereocenters. The molecular weight excluding hydrogens is 307 g/mol. The number of hydrogen-bond acceptors (Lipinski definition) is 3. The Hall–Kier alpha value is -1.53. The van der Waals surface area contributed by atoms with Gasteiger partial charge in [-0.25, -0.2) is 0 Å². The highest BCUT2D eigenvalue weighted by molar-refractivity contribution is 9.10.